The number of rotatable bonds is 5. The molecule has 0 aliphatic carbocycles. The largest absolute Gasteiger partial charge is 0.484 e. The molecule has 2 aliphatic rings. The van der Waals surface area contributed by atoms with Gasteiger partial charge in [0, 0.05) is 29.9 Å². The topological polar surface area (TPSA) is 95.7 Å². The highest BCUT2D eigenvalue weighted by Gasteiger charge is 2.24. The molecule has 8 heteroatoms. The zero-order valence-corrected chi connectivity index (χ0v) is 18.9. The zero-order chi connectivity index (χ0) is 23.5. The smallest absolute Gasteiger partial charge is 0.351 e. The number of pyridine rings is 1. The van der Waals surface area contributed by atoms with E-state index in [0.717, 1.165) is 28.8 Å². The predicted molar refractivity (Wildman–Crippen MR) is 125 cm³/mol. The maximum absolute atomic E-state index is 12.7. The summed E-state index contributed by atoms with van der Waals surface area (Å²) in [4.78, 5) is 20.9. The van der Waals surface area contributed by atoms with E-state index in [2.05, 4.69) is 21.8 Å². The monoisotopic (exact) mass is 459 g/mol. The van der Waals surface area contributed by atoms with Crippen LogP contribution >= 0.6 is 0 Å². The Morgan fingerprint density at radius 2 is 2.24 bits per heavy atom. The lowest BCUT2D eigenvalue weighted by Gasteiger charge is -2.25. The van der Waals surface area contributed by atoms with Crippen molar-refractivity contribution in [3.63, 3.8) is 0 Å². The molecule has 34 heavy (non-hydrogen) atoms. The fraction of sp³-hybridized carbons (Fsp3) is 0.346. The number of aliphatic hydroxyl groups excluding tert-OH is 1. The van der Waals surface area contributed by atoms with Gasteiger partial charge in [-0.3, -0.25) is 4.57 Å². The molecule has 2 aromatic heterocycles. The van der Waals surface area contributed by atoms with Crippen LogP contribution in [0.3, 0.4) is 0 Å². The quantitative estimate of drug-likeness (QED) is 0.586. The van der Waals surface area contributed by atoms with Crippen molar-refractivity contribution < 1.29 is 19.3 Å². The Kier molecular flexibility index (Phi) is 6.19. The number of aromatic nitrogens is 3. The summed E-state index contributed by atoms with van der Waals surface area (Å²) in [7, 11) is 0. The molecular weight excluding hydrogens is 434 g/mol. The summed E-state index contributed by atoms with van der Waals surface area (Å²) in [5.74, 6) is 7.22. The van der Waals surface area contributed by atoms with Gasteiger partial charge in [0.15, 0.2) is 11.9 Å². The van der Waals surface area contributed by atoms with Gasteiger partial charge in [0.05, 0.1) is 5.69 Å². The third kappa shape index (κ3) is 4.61. The maximum Gasteiger partial charge on any atom is 0.351 e. The number of benzene rings is 1. The molecule has 0 spiro atoms. The molecular formula is C26H25N3O5. The fourth-order valence-electron chi connectivity index (χ4n) is 4.08. The molecule has 2 aliphatic heterocycles. The molecule has 0 bridgehead atoms. The van der Waals surface area contributed by atoms with E-state index in [1.165, 1.54) is 0 Å². The Labute approximate surface area is 197 Å². The summed E-state index contributed by atoms with van der Waals surface area (Å²) < 4.78 is 19.0. The molecule has 0 saturated heterocycles. The van der Waals surface area contributed by atoms with Crippen molar-refractivity contribution >= 4 is 0 Å². The number of ether oxygens (including phenoxy) is 3. The van der Waals surface area contributed by atoms with Crippen LogP contribution in [0.25, 0.3) is 11.3 Å². The molecule has 5 rings (SSSR count). The van der Waals surface area contributed by atoms with Crippen LogP contribution in [0, 0.1) is 11.8 Å². The van der Waals surface area contributed by atoms with Gasteiger partial charge in [-0.05, 0) is 42.7 Å². The lowest BCUT2D eigenvalue weighted by molar-refractivity contribution is 0.0473. The van der Waals surface area contributed by atoms with Gasteiger partial charge in [0.1, 0.15) is 19.3 Å². The van der Waals surface area contributed by atoms with Crippen LogP contribution in [0.4, 0.5) is 0 Å². The van der Waals surface area contributed by atoms with E-state index >= 15 is 0 Å². The molecule has 0 amide bonds. The molecule has 0 radical (unpaired) electrons. The molecule has 2 atom stereocenters. The molecule has 2 unspecified atom stereocenters. The maximum atomic E-state index is 12.7. The molecule has 3 aromatic rings. The first-order chi connectivity index (χ1) is 16.6. The van der Waals surface area contributed by atoms with Gasteiger partial charge in [-0.2, -0.15) is 4.98 Å². The fourth-order valence-corrected chi connectivity index (χ4v) is 4.08. The van der Waals surface area contributed by atoms with Crippen LogP contribution in [0.1, 0.15) is 30.9 Å². The number of aliphatic hydroxyl groups is 1. The number of nitrogens with zero attached hydrogens (tertiary/aromatic N) is 3. The second-order valence-corrected chi connectivity index (χ2v) is 8.28. The first-order valence-electron chi connectivity index (χ1n) is 11.4. The Balaban J connectivity index is 1.34. The van der Waals surface area contributed by atoms with Crippen molar-refractivity contribution in [3.8, 4) is 40.6 Å². The number of aryl methyl sites for hydroxylation is 1. The summed E-state index contributed by atoms with van der Waals surface area (Å²) in [6.07, 6.45) is 2.91. The van der Waals surface area contributed by atoms with Gasteiger partial charge in [0.2, 0.25) is 5.88 Å². The van der Waals surface area contributed by atoms with Gasteiger partial charge in [0.25, 0.3) is 5.88 Å². The van der Waals surface area contributed by atoms with Crippen molar-refractivity contribution in [1.29, 1.82) is 0 Å². The van der Waals surface area contributed by atoms with Crippen molar-refractivity contribution in [2.24, 2.45) is 0 Å². The first kappa shape index (κ1) is 22.0. The molecule has 0 saturated carbocycles. The normalized spacial score (nSPS) is 16.5. The van der Waals surface area contributed by atoms with Crippen LogP contribution in [-0.2, 0) is 13.0 Å². The lowest BCUT2D eigenvalue weighted by Crippen LogP contribution is -2.35. The lowest BCUT2D eigenvalue weighted by atomic mass is 9.95. The van der Waals surface area contributed by atoms with Crippen LogP contribution in [-0.4, -0.2) is 45.1 Å². The summed E-state index contributed by atoms with van der Waals surface area (Å²) in [5.41, 5.74) is 3.30. The third-order valence-electron chi connectivity index (χ3n) is 5.78. The molecule has 1 aromatic carbocycles. The van der Waals surface area contributed by atoms with Crippen LogP contribution in [0.15, 0.2) is 47.4 Å². The number of hydrogen-bond acceptors (Lipinski definition) is 7. The highest BCUT2D eigenvalue weighted by Crippen LogP contribution is 2.31. The summed E-state index contributed by atoms with van der Waals surface area (Å²) in [6.45, 7) is 3.05. The standard InChI is InChI=1S/C26H25N3O5/c1-2-4-19(30)8-6-17-7-9-21-18(13-17)10-12-29-22(21)14-24(28-26(29)31)33-16-20-15-32-23-5-3-11-27-25(23)34-20/h3,5,7,9,11,13-14,19-20,30H,2,4,10,12,15-16H2,1H3. The van der Waals surface area contributed by atoms with E-state index in [1.807, 2.05) is 25.1 Å². The Morgan fingerprint density at radius 3 is 3.12 bits per heavy atom. The molecule has 8 nitrogen and oxygen atoms in total. The van der Waals surface area contributed by atoms with Gasteiger partial charge in [-0.15, -0.1) is 0 Å². The van der Waals surface area contributed by atoms with E-state index in [-0.39, 0.29) is 24.3 Å². The second kappa shape index (κ2) is 9.57. The summed E-state index contributed by atoms with van der Waals surface area (Å²) in [5, 5.41) is 9.88. The van der Waals surface area contributed by atoms with Crippen LogP contribution < -0.4 is 19.9 Å². The Hall–Kier alpha value is -3.83. The SMILES string of the molecule is CCCC(O)C#Cc1ccc2c(c1)CCn1c-2cc(OCC2COc3cccnc3O2)nc1=O. The first-order valence-corrected chi connectivity index (χ1v) is 11.4. The van der Waals surface area contributed by atoms with E-state index in [1.54, 1.807) is 29.0 Å². The molecule has 1 N–H and O–H groups in total. The van der Waals surface area contributed by atoms with E-state index in [4.69, 9.17) is 14.2 Å². The minimum absolute atomic E-state index is 0.174. The van der Waals surface area contributed by atoms with Gasteiger partial charge in [-0.1, -0.05) is 31.3 Å². The average Bonchev–Trinajstić information content (AvgIpc) is 2.86. The average molecular weight is 460 g/mol. The van der Waals surface area contributed by atoms with Gasteiger partial charge in [-0.25, -0.2) is 9.78 Å². The minimum atomic E-state index is -0.617. The second-order valence-electron chi connectivity index (χ2n) is 8.28. The van der Waals surface area contributed by atoms with Gasteiger partial charge >= 0.3 is 5.69 Å². The van der Waals surface area contributed by atoms with Crippen molar-refractivity contribution in [1.82, 2.24) is 14.5 Å². The van der Waals surface area contributed by atoms with Crippen molar-refractivity contribution in [2.75, 3.05) is 13.2 Å². The zero-order valence-electron chi connectivity index (χ0n) is 18.9. The highest BCUT2D eigenvalue weighted by atomic mass is 16.6. The third-order valence-corrected chi connectivity index (χ3v) is 5.78. The van der Waals surface area contributed by atoms with Crippen molar-refractivity contribution in [3.05, 3.63) is 64.2 Å². The Bertz CT molecular complexity index is 1320. The van der Waals surface area contributed by atoms with E-state index in [9.17, 15) is 9.90 Å². The summed E-state index contributed by atoms with van der Waals surface area (Å²) in [6, 6.07) is 11.3. The predicted octanol–water partition coefficient (Wildman–Crippen LogP) is 2.59. The molecule has 174 valence electrons. The summed E-state index contributed by atoms with van der Waals surface area (Å²) >= 11 is 0. The van der Waals surface area contributed by atoms with E-state index < -0.39 is 6.10 Å². The molecule has 4 heterocycles. The van der Waals surface area contributed by atoms with Gasteiger partial charge < -0.3 is 19.3 Å². The minimum Gasteiger partial charge on any atom is -0.484 e. The van der Waals surface area contributed by atoms with Crippen molar-refractivity contribution in [2.45, 2.75) is 44.9 Å². The number of fused-ring (bicyclic) bond motifs is 4. The van der Waals surface area contributed by atoms with Crippen LogP contribution in [0.2, 0.25) is 0 Å². The van der Waals surface area contributed by atoms with Crippen LogP contribution in [0.5, 0.6) is 17.5 Å². The highest BCUT2D eigenvalue weighted by molar-refractivity contribution is 5.68. The van der Waals surface area contributed by atoms with E-state index in [0.29, 0.717) is 37.6 Å². The molecule has 0 fully saturated rings. The number of hydrogen-bond donors (Lipinski definition) is 1. The Morgan fingerprint density at radius 1 is 1.32 bits per heavy atom.